The lowest BCUT2D eigenvalue weighted by Gasteiger charge is -2.28. The Hall–Kier alpha value is -2.09. The topological polar surface area (TPSA) is 37.0 Å². The van der Waals surface area contributed by atoms with Crippen LogP contribution in [0.15, 0.2) is 29.8 Å². The Balaban J connectivity index is 2.45. The van der Waals surface area contributed by atoms with Gasteiger partial charge in [0, 0.05) is 27.5 Å². The Morgan fingerprint density at radius 1 is 0.913 bits per heavy atom. The fourth-order valence-corrected chi connectivity index (χ4v) is 3.27. The van der Waals surface area contributed by atoms with Crippen LogP contribution in [-0.4, -0.2) is 5.78 Å². The zero-order chi connectivity index (χ0) is 17.2. The van der Waals surface area contributed by atoms with Gasteiger partial charge in [-0.05, 0) is 28.5 Å². The molecule has 0 amide bonds. The highest BCUT2D eigenvalue weighted by atomic mass is 16.3. The Labute approximate surface area is 137 Å². The van der Waals surface area contributed by atoms with Crippen molar-refractivity contribution in [1.29, 1.82) is 0 Å². The molecule has 23 heavy (non-hydrogen) atoms. The van der Waals surface area contributed by atoms with Crippen LogP contribution in [0.3, 0.4) is 0 Å². The minimum absolute atomic E-state index is 0.0403. The van der Waals surface area contributed by atoms with Gasteiger partial charge in [0.1, 0.15) is 0 Å². The maximum Gasteiger partial charge on any atom is 0.190 e. The predicted molar refractivity (Wildman–Crippen MR) is 94.5 cm³/mol. The second-order valence-corrected chi connectivity index (χ2v) is 8.46. The maximum absolute atomic E-state index is 12.9. The second-order valence-electron chi connectivity index (χ2n) is 8.46. The number of rotatable bonds is 0. The molecule has 119 valence electrons. The quantitative estimate of drug-likeness (QED) is 0.596. The van der Waals surface area contributed by atoms with Crippen molar-refractivity contribution in [3.63, 3.8) is 0 Å². The highest BCUT2D eigenvalue weighted by molar-refractivity contribution is 6.24. The van der Waals surface area contributed by atoms with Crippen molar-refractivity contribution in [3.05, 3.63) is 46.5 Å². The Bertz CT molecular complexity index is 856. The third-order valence-corrected chi connectivity index (χ3v) is 4.55. The van der Waals surface area contributed by atoms with E-state index in [0.29, 0.717) is 10.9 Å². The molecule has 0 fully saturated rings. The van der Waals surface area contributed by atoms with Gasteiger partial charge in [-0.2, -0.15) is 0 Å². The van der Waals surface area contributed by atoms with Crippen molar-refractivity contribution in [2.75, 3.05) is 0 Å². The van der Waals surface area contributed by atoms with Crippen LogP contribution < -0.4 is 0 Å². The van der Waals surface area contributed by atoms with Crippen LogP contribution in [-0.2, 0) is 10.5 Å². The molecule has 0 N–H and O–H groups in total. The first-order chi connectivity index (χ1) is 10.5. The van der Waals surface area contributed by atoms with Gasteiger partial charge in [-0.15, -0.1) is 0 Å². The minimum atomic E-state index is -0.227. The van der Waals surface area contributed by atoms with Crippen molar-refractivity contribution in [3.8, 4) is 5.75 Å². The molecule has 0 saturated heterocycles. The van der Waals surface area contributed by atoms with E-state index in [4.69, 9.17) is 0 Å². The van der Waals surface area contributed by atoms with Gasteiger partial charge in [0.15, 0.2) is 11.5 Å². The first-order valence-electron chi connectivity index (χ1n) is 8.06. The monoisotopic (exact) mass is 307 g/mol. The SMILES string of the molecule is CC(C)(C)C1=Cc2cc(C(C)(C)C)c([O])c3cccc(c23)C1=O. The van der Waals surface area contributed by atoms with E-state index in [-0.39, 0.29) is 22.4 Å². The first kappa shape index (κ1) is 15.8. The molecule has 2 aromatic carbocycles. The summed E-state index contributed by atoms with van der Waals surface area (Å²) in [5, 5.41) is 14.3. The summed E-state index contributed by atoms with van der Waals surface area (Å²) < 4.78 is 0. The van der Waals surface area contributed by atoms with Crippen molar-refractivity contribution in [2.45, 2.75) is 47.0 Å². The van der Waals surface area contributed by atoms with Gasteiger partial charge in [-0.3, -0.25) is 9.90 Å². The summed E-state index contributed by atoms with van der Waals surface area (Å²) in [4.78, 5) is 12.9. The number of Topliss-reactive ketones (excluding diaryl/α,β-unsaturated/α-hetero) is 1. The van der Waals surface area contributed by atoms with E-state index in [2.05, 4.69) is 41.5 Å². The Kier molecular flexibility index (Phi) is 3.23. The average molecular weight is 307 g/mol. The average Bonchev–Trinajstić information content (AvgIpc) is 2.42. The highest BCUT2D eigenvalue weighted by Crippen LogP contribution is 2.44. The number of hydrogen-bond acceptors (Lipinski definition) is 1. The molecule has 2 aromatic rings. The smallest absolute Gasteiger partial charge is 0.190 e. The van der Waals surface area contributed by atoms with Crippen LogP contribution in [0.5, 0.6) is 5.75 Å². The van der Waals surface area contributed by atoms with E-state index >= 15 is 0 Å². The van der Waals surface area contributed by atoms with Gasteiger partial charge in [0.2, 0.25) is 0 Å². The molecule has 0 bridgehead atoms. The largest absolute Gasteiger partial charge is 0.289 e. The summed E-state index contributed by atoms with van der Waals surface area (Å²) in [6.45, 7) is 12.3. The third-order valence-electron chi connectivity index (χ3n) is 4.55. The number of carbonyl (C=O) groups excluding carboxylic acids is 1. The third kappa shape index (κ3) is 2.37. The summed E-state index contributed by atoms with van der Waals surface area (Å²) >= 11 is 0. The van der Waals surface area contributed by atoms with E-state index < -0.39 is 0 Å². The van der Waals surface area contributed by atoms with Crippen LogP contribution in [0.25, 0.3) is 16.8 Å². The van der Waals surface area contributed by atoms with E-state index in [1.54, 1.807) is 0 Å². The first-order valence-corrected chi connectivity index (χ1v) is 8.06. The summed E-state index contributed by atoms with van der Waals surface area (Å²) in [5.74, 6) is 0.0806. The molecule has 0 aromatic heterocycles. The van der Waals surface area contributed by atoms with Crippen LogP contribution in [0.1, 0.15) is 63.0 Å². The number of ketones is 1. The van der Waals surface area contributed by atoms with Gasteiger partial charge in [0.25, 0.3) is 0 Å². The van der Waals surface area contributed by atoms with Crippen molar-refractivity contribution in [1.82, 2.24) is 0 Å². The molecule has 2 heteroatoms. The molecular weight excluding hydrogens is 284 g/mol. The minimum Gasteiger partial charge on any atom is -0.289 e. The van der Waals surface area contributed by atoms with Gasteiger partial charge < -0.3 is 0 Å². The van der Waals surface area contributed by atoms with Crippen molar-refractivity contribution < 1.29 is 9.90 Å². The van der Waals surface area contributed by atoms with E-state index in [1.165, 1.54) is 0 Å². The van der Waals surface area contributed by atoms with Crippen LogP contribution in [0.2, 0.25) is 0 Å². The number of hydrogen-bond donors (Lipinski definition) is 0. The van der Waals surface area contributed by atoms with Gasteiger partial charge >= 0.3 is 0 Å². The zero-order valence-electron chi connectivity index (χ0n) is 14.7. The second kappa shape index (κ2) is 4.70. The molecule has 3 rings (SSSR count). The zero-order valence-corrected chi connectivity index (χ0v) is 14.7. The lowest BCUT2D eigenvalue weighted by Crippen LogP contribution is -2.21. The Morgan fingerprint density at radius 2 is 1.57 bits per heavy atom. The number of benzene rings is 2. The van der Waals surface area contributed by atoms with Crippen LogP contribution in [0.4, 0.5) is 0 Å². The standard InChI is InChI=1S/C21H23O2/c1-20(2,3)15-10-12-11-16(21(4,5)6)19(23)14-9-7-8-13(17(12)14)18(15)22/h7-11H,1-6H3. The molecular formula is C21H23O2. The number of allylic oxidation sites excluding steroid dienone is 1. The summed E-state index contributed by atoms with van der Waals surface area (Å²) in [6, 6.07) is 7.47. The van der Waals surface area contributed by atoms with E-state index in [0.717, 1.165) is 22.1 Å². The number of carbonyl (C=O) groups is 1. The molecule has 1 radical (unpaired) electrons. The molecule has 1 aliphatic rings. The molecule has 0 aliphatic heterocycles. The summed E-state index contributed by atoms with van der Waals surface area (Å²) in [7, 11) is 0. The molecule has 0 unspecified atom stereocenters. The predicted octanol–water partition coefficient (Wildman–Crippen LogP) is 5.91. The van der Waals surface area contributed by atoms with E-state index in [9.17, 15) is 9.90 Å². The van der Waals surface area contributed by atoms with Gasteiger partial charge in [-0.1, -0.05) is 59.7 Å². The van der Waals surface area contributed by atoms with E-state index in [1.807, 2.05) is 30.3 Å². The normalized spacial score (nSPS) is 15.0. The van der Waals surface area contributed by atoms with Crippen molar-refractivity contribution in [2.24, 2.45) is 5.41 Å². The molecule has 0 spiro atoms. The Morgan fingerprint density at radius 3 is 2.13 bits per heavy atom. The fourth-order valence-electron chi connectivity index (χ4n) is 3.27. The highest BCUT2D eigenvalue weighted by Gasteiger charge is 2.32. The molecule has 0 heterocycles. The molecule has 1 aliphatic carbocycles. The summed E-state index contributed by atoms with van der Waals surface area (Å²) in [6.07, 6.45) is 1.98. The van der Waals surface area contributed by atoms with Gasteiger partial charge in [-0.25, -0.2) is 0 Å². The van der Waals surface area contributed by atoms with Crippen LogP contribution >= 0.6 is 0 Å². The maximum atomic E-state index is 12.9. The summed E-state index contributed by atoms with van der Waals surface area (Å²) in [5.41, 5.74) is 2.79. The lowest BCUT2D eigenvalue weighted by atomic mass is 9.75. The molecule has 0 saturated carbocycles. The fraction of sp³-hybridized carbons (Fsp3) is 0.381. The molecule has 2 nitrogen and oxygen atoms in total. The van der Waals surface area contributed by atoms with Crippen LogP contribution in [0, 0.1) is 5.41 Å². The van der Waals surface area contributed by atoms with Gasteiger partial charge in [0.05, 0.1) is 0 Å². The molecule has 0 atom stereocenters. The lowest BCUT2D eigenvalue weighted by molar-refractivity contribution is 0.101. The van der Waals surface area contributed by atoms with Crippen molar-refractivity contribution >= 4 is 22.6 Å².